The van der Waals surface area contributed by atoms with Gasteiger partial charge in [0.05, 0.1) is 19.2 Å². The Morgan fingerprint density at radius 3 is 2.45 bits per heavy atom. The fraction of sp³-hybridized carbons (Fsp3) is 0.684. The number of aliphatic hydroxyl groups is 1. The molecule has 0 atom stereocenters. The number of aromatic hydroxyl groups is 1. The standard InChI is InChI=1S/C19H29N3O7/c1-18(2,3)29-12(24)9-20-19(7-5-11(10-23)6-8-19)17-21-13(16(27)28-4)14(25)15(26)22-17/h11,20,23,25H,5-10H2,1-4H3,(H,21,22,26). The fourth-order valence-electron chi connectivity index (χ4n) is 3.40. The summed E-state index contributed by atoms with van der Waals surface area (Å²) in [7, 11) is 1.12. The van der Waals surface area contributed by atoms with Gasteiger partial charge in [-0.3, -0.25) is 14.9 Å². The molecule has 0 aliphatic heterocycles. The van der Waals surface area contributed by atoms with Gasteiger partial charge in [0.25, 0.3) is 5.56 Å². The van der Waals surface area contributed by atoms with Crippen LogP contribution in [0.3, 0.4) is 0 Å². The second kappa shape index (κ2) is 8.91. The number of aromatic amines is 1. The number of hydrogen-bond donors (Lipinski definition) is 4. The second-order valence-electron chi connectivity index (χ2n) is 8.25. The van der Waals surface area contributed by atoms with Crippen molar-refractivity contribution in [3.63, 3.8) is 0 Å². The maximum absolute atomic E-state index is 12.2. The lowest BCUT2D eigenvalue weighted by Gasteiger charge is -2.39. The quantitative estimate of drug-likeness (QED) is 0.492. The highest BCUT2D eigenvalue weighted by Crippen LogP contribution is 2.38. The molecular weight excluding hydrogens is 382 g/mol. The molecule has 1 saturated carbocycles. The van der Waals surface area contributed by atoms with Gasteiger partial charge in [0.2, 0.25) is 5.75 Å². The molecule has 1 aromatic heterocycles. The summed E-state index contributed by atoms with van der Waals surface area (Å²) in [6.45, 7) is 5.17. The van der Waals surface area contributed by atoms with E-state index in [2.05, 4.69) is 20.0 Å². The molecule has 0 bridgehead atoms. The molecule has 4 N–H and O–H groups in total. The molecule has 2 rings (SSSR count). The number of H-pyrrole nitrogens is 1. The first-order valence-electron chi connectivity index (χ1n) is 9.51. The minimum absolute atomic E-state index is 0.0368. The highest BCUT2D eigenvalue weighted by atomic mass is 16.6. The van der Waals surface area contributed by atoms with Crippen LogP contribution >= 0.6 is 0 Å². The summed E-state index contributed by atoms with van der Waals surface area (Å²) in [5, 5.41) is 22.5. The number of carbonyl (C=O) groups is 2. The summed E-state index contributed by atoms with van der Waals surface area (Å²) in [4.78, 5) is 43.0. The first-order valence-corrected chi connectivity index (χ1v) is 9.51. The Kier molecular flexibility index (Phi) is 7.02. The van der Waals surface area contributed by atoms with E-state index in [1.165, 1.54) is 0 Å². The molecule has 0 spiro atoms. The minimum atomic E-state index is -0.943. The number of aromatic nitrogens is 2. The number of methoxy groups -OCH3 is 1. The number of rotatable bonds is 6. The Balaban J connectivity index is 2.38. The predicted octanol–water partition coefficient (Wildman–Crippen LogP) is 0.571. The first-order chi connectivity index (χ1) is 13.5. The van der Waals surface area contributed by atoms with Crippen molar-refractivity contribution in [2.75, 3.05) is 20.3 Å². The van der Waals surface area contributed by atoms with Gasteiger partial charge in [0.1, 0.15) is 11.4 Å². The number of carbonyl (C=O) groups excluding carboxylic acids is 2. The molecule has 10 nitrogen and oxygen atoms in total. The van der Waals surface area contributed by atoms with Crippen molar-refractivity contribution in [3.8, 4) is 5.75 Å². The lowest BCUT2D eigenvalue weighted by atomic mass is 9.76. The van der Waals surface area contributed by atoms with Crippen LogP contribution in [0, 0.1) is 5.92 Å². The Morgan fingerprint density at radius 2 is 1.93 bits per heavy atom. The van der Waals surface area contributed by atoms with E-state index >= 15 is 0 Å². The smallest absolute Gasteiger partial charge is 0.360 e. The largest absolute Gasteiger partial charge is 0.501 e. The molecule has 0 aromatic carbocycles. The van der Waals surface area contributed by atoms with E-state index in [1.54, 1.807) is 20.8 Å². The molecule has 1 aromatic rings. The van der Waals surface area contributed by atoms with Gasteiger partial charge in [-0.15, -0.1) is 0 Å². The van der Waals surface area contributed by atoms with E-state index in [4.69, 9.17) is 4.74 Å². The fourth-order valence-corrected chi connectivity index (χ4v) is 3.40. The summed E-state index contributed by atoms with van der Waals surface area (Å²) in [5.41, 5.74) is -2.95. The number of aliphatic hydroxyl groups excluding tert-OH is 1. The zero-order valence-electron chi connectivity index (χ0n) is 17.2. The van der Waals surface area contributed by atoms with E-state index in [1.807, 2.05) is 0 Å². The van der Waals surface area contributed by atoms with Crippen LogP contribution in [0.25, 0.3) is 0 Å². The number of nitrogens with zero attached hydrogens (tertiary/aromatic N) is 1. The van der Waals surface area contributed by atoms with Crippen molar-refractivity contribution in [2.24, 2.45) is 5.92 Å². The molecule has 1 aliphatic rings. The second-order valence-corrected chi connectivity index (χ2v) is 8.25. The normalized spacial score (nSPS) is 22.2. The van der Waals surface area contributed by atoms with Gasteiger partial charge in [-0.05, 0) is 52.4 Å². The maximum Gasteiger partial charge on any atom is 0.360 e. The van der Waals surface area contributed by atoms with Crippen molar-refractivity contribution in [1.82, 2.24) is 15.3 Å². The topological polar surface area (TPSA) is 151 Å². The zero-order chi connectivity index (χ0) is 21.8. The van der Waals surface area contributed by atoms with Crippen LogP contribution in [0.2, 0.25) is 0 Å². The van der Waals surface area contributed by atoms with E-state index < -0.39 is 40.1 Å². The Bertz CT molecular complexity index is 805. The summed E-state index contributed by atoms with van der Waals surface area (Å²) in [6.07, 6.45) is 2.15. The van der Waals surface area contributed by atoms with Crippen LogP contribution < -0.4 is 10.9 Å². The number of nitrogens with one attached hydrogen (secondary N) is 2. The van der Waals surface area contributed by atoms with Crippen LogP contribution in [0.1, 0.15) is 62.8 Å². The van der Waals surface area contributed by atoms with Crippen molar-refractivity contribution in [3.05, 3.63) is 21.9 Å². The van der Waals surface area contributed by atoms with Crippen molar-refractivity contribution < 1.29 is 29.3 Å². The molecule has 1 heterocycles. The van der Waals surface area contributed by atoms with Gasteiger partial charge in [0.15, 0.2) is 5.69 Å². The third kappa shape index (κ3) is 5.54. The number of hydrogen-bond acceptors (Lipinski definition) is 9. The summed E-state index contributed by atoms with van der Waals surface area (Å²) >= 11 is 0. The van der Waals surface area contributed by atoms with E-state index in [9.17, 15) is 24.6 Å². The summed E-state index contributed by atoms with van der Waals surface area (Å²) < 4.78 is 9.92. The van der Waals surface area contributed by atoms with Gasteiger partial charge in [-0.1, -0.05) is 0 Å². The van der Waals surface area contributed by atoms with Crippen molar-refractivity contribution in [1.29, 1.82) is 0 Å². The molecule has 29 heavy (non-hydrogen) atoms. The zero-order valence-corrected chi connectivity index (χ0v) is 17.2. The van der Waals surface area contributed by atoms with E-state index in [-0.39, 0.29) is 24.9 Å². The molecule has 10 heteroatoms. The lowest BCUT2D eigenvalue weighted by molar-refractivity contribution is -0.154. The maximum atomic E-state index is 12.2. The van der Waals surface area contributed by atoms with Crippen LogP contribution in [0.5, 0.6) is 5.75 Å². The monoisotopic (exact) mass is 411 g/mol. The Morgan fingerprint density at radius 1 is 1.31 bits per heavy atom. The van der Waals surface area contributed by atoms with Gasteiger partial charge >= 0.3 is 11.9 Å². The van der Waals surface area contributed by atoms with Crippen molar-refractivity contribution >= 4 is 11.9 Å². The molecular formula is C19H29N3O7. The summed E-state index contributed by atoms with van der Waals surface area (Å²) in [6, 6.07) is 0. The SMILES string of the molecule is COC(=O)c1nc(C2(NCC(=O)OC(C)(C)C)CCC(CO)CC2)[nH]c(=O)c1O. The highest BCUT2D eigenvalue weighted by molar-refractivity contribution is 5.89. The number of ether oxygens (including phenoxy) is 2. The Labute approximate surface area is 168 Å². The van der Waals surface area contributed by atoms with Gasteiger partial charge in [0, 0.05) is 6.61 Å². The minimum Gasteiger partial charge on any atom is -0.501 e. The predicted molar refractivity (Wildman–Crippen MR) is 102 cm³/mol. The van der Waals surface area contributed by atoms with Gasteiger partial charge < -0.3 is 24.7 Å². The highest BCUT2D eigenvalue weighted by Gasteiger charge is 2.40. The van der Waals surface area contributed by atoms with Gasteiger partial charge in [-0.25, -0.2) is 9.78 Å². The molecule has 1 aliphatic carbocycles. The third-order valence-electron chi connectivity index (χ3n) is 4.94. The summed E-state index contributed by atoms with van der Waals surface area (Å²) in [5.74, 6) is -2.03. The number of esters is 2. The molecule has 0 unspecified atom stereocenters. The van der Waals surface area contributed by atoms with Crippen molar-refractivity contribution in [2.45, 2.75) is 57.6 Å². The molecule has 0 saturated heterocycles. The molecule has 0 radical (unpaired) electrons. The lowest BCUT2D eigenvalue weighted by Crippen LogP contribution is -2.50. The third-order valence-corrected chi connectivity index (χ3v) is 4.94. The first kappa shape index (κ1) is 22.8. The van der Waals surface area contributed by atoms with Crippen LogP contribution in [-0.2, 0) is 19.8 Å². The van der Waals surface area contributed by atoms with Crippen LogP contribution in [-0.4, -0.2) is 58.0 Å². The van der Waals surface area contributed by atoms with Crippen LogP contribution in [0.15, 0.2) is 4.79 Å². The average Bonchev–Trinajstić information content (AvgIpc) is 2.66. The van der Waals surface area contributed by atoms with Gasteiger partial charge in [-0.2, -0.15) is 0 Å². The Hall–Kier alpha value is -2.46. The molecule has 1 fully saturated rings. The average molecular weight is 411 g/mol. The molecule has 162 valence electrons. The molecule has 0 amide bonds. The van der Waals surface area contributed by atoms with E-state index in [0.29, 0.717) is 25.7 Å². The van der Waals surface area contributed by atoms with E-state index in [0.717, 1.165) is 7.11 Å². The van der Waals surface area contributed by atoms with Crippen LogP contribution in [0.4, 0.5) is 0 Å².